The van der Waals surface area contributed by atoms with Crippen molar-refractivity contribution >= 4 is 23.4 Å². The number of aromatic nitrogens is 3. The topological polar surface area (TPSA) is 71.8 Å². The smallest absolute Gasteiger partial charge is 0.240 e. The predicted octanol–water partition coefficient (Wildman–Crippen LogP) is 3.60. The number of hydrogen-bond acceptors (Lipinski definition) is 5. The highest BCUT2D eigenvalue weighted by atomic mass is 32.2. The summed E-state index contributed by atoms with van der Waals surface area (Å²) < 4.78 is 1.85. The second-order valence-corrected chi connectivity index (χ2v) is 7.84. The number of nitrogens with zero attached hydrogens (tertiary/aromatic N) is 3. The third-order valence-electron chi connectivity index (χ3n) is 4.66. The van der Waals surface area contributed by atoms with E-state index in [4.69, 9.17) is 0 Å². The molecule has 138 valence electrons. The number of benzene rings is 2. The molecule has 0 aliphatic carbocycles. The van der Waals surface area contributed by atoms with Crippen LogP contribution in [0, 0.1) is 20.8 Å². The van der Waals surface area contributed by atoms with E-state index in [1.807, 2.05) is 67.9 Å². The van der Waals surface area contributed by atoms with Crippen LogP contribution in [0.25, 0.3) is 0 Å². The van der Waals surface area contributed by atoms with Gasteiger partial charge in [0.2, 0.25) is 11.1 Å². The van der Waals surface area contributed by atoms with Gasteiger partial charge in [-0.2, -0.15) is 0 Å². The summed E-state index contributed by atoms with van der Waals surface area (Å²) in [7, 11) is 0. The van der Waals surface area contributed by atoms with Crippen molar-refractivity contribution in [2.24, 2.45) is 0 Å². The van der Waals surface area contributed by atoms with Crippen molar-refractivity contribution in [3.8, 4) is 0 Å². The first-order chi connectivity index (χ1) is 13.0. The molecule has 1 amide bonds. The van der Waals surface area contributed by atoms with Crippen molar-refractivity contribution in [3.63, 3.8) is 0 Å². The predicted molar refractivity (Wildman–Crippen MR) is 107 cm³/mol. The average molecular weight is 379 g/mol. The van der Waals surface area contributed by atoms with Crippen molar-refractivity contribution in [3.05, 3.63) is 71.0 Å². The summed E-state index contributed by atoms with van der Waals surface area (Å²) in [5, 5.41) is 11.7. The molecule has 27 heavy (non-hydrogen) atoms. The van der Waals surface area contributed by atoms with E-state index < -0.39 is 0 Å². The highest BCUT2D eigenvalue weighted by molar-refractivity contribution is 8.00. The molecule has 0 unspecified atom stereocenters. The van der Waals surface area contributed by atoms with Crippen LogP contribution in [0.1, 0.15) is 28.6 Å². The summed E-state index contributed by atoms with van der Waals surface area (Å²) in [5.41, 5.74) is 7.51. The first-order valence-corrected chi connectivity index (χ1v) is 9.69. The first-order valence-electron chi connectivity index (χ1n) is 8.81. The lowest BCUT2D eigenvalue weighted by Gasteiger charge is -2.32. The van der Waals surface area contributed by atoms with Crippen LogP contribution in [-0.2, 0) is 4.79 Å². The van der Waals surface area contributed by atoms with Crippen molar-refractivity contribution in [2.45, 2.75) is 37.2 Å². The second-order valence-electron chi connectivity index (χ2n) is 6.73. The number of carbonyl (C=O) groups is 1. The molecule has 4 rings (SSSR count). The summed E-state index contributed by atoms with van der Waals surface area (Å²) in [6.07, 6.45) is 0. The lowest BCUT2D eigenvalue weighted by atomic mass is 10.0. The zero-order chi connectivity index (χ0) is 19.0. The maximum Gasteiger partial charge on any atom is 0.240 e. The minimum Gasteiger partial charge on any atom is -0.325 e. The van der Waals surface area contributed by atoms with Gasteiger partial charge in [0.25, 0.3) is 0 Å². The normalized spacial score (nSPS) is 18.5. The van der Waals surface area contributed by atoms with Crippen molar-refractivity contribution in [2.75, 3.05) is 10.7 Å². The Bertz CT molecular complexity index is 985. The van der Waals surface area contributed by atoms with Gasteiger partial charge >= 0.3 is 0 Å². The third-order valence-corrected chi connectivity index (χ3v) is 5.87. The van der Waals surface area contributed by atoms with Crippen LogP contribution in [0.5, 0.6) is 0 Å². The van der Waals surface area contributed by atoms with Crippen LogP contribution < -0.4 is 10.7 Å². The Kier molecular flexibility index (Phi) is 4.61. The summed E-state index contributed by atoms with van der Waals surface area (Å²) in [6, 6.07) is 15.8. The van der Waals surface area contributed by atoms with Crippen LogP contribution in [0.3, 0.4) is 0 Å². The van der Waals surface area contributed by atoms with Crippen LogP contribution >= 0.6 is 11.8 Å². The van der Waals surface area contributed by atoms with Gasteiger partial charge in [-0.15, -0.1) is 10.2 Å². The second kappa shape index (κ2) is 7.08. The van der Waals surface area contributed by atoms with Gasteiger partial charge in [0.05, 0.1) is 6.04 Å². The zero-order valence-electron chi connectivity index (χ0n) is 15.4. The molecule has 1 aliphatic rings. The van der Waals surface area contributed by atoms with E-state index in [1.165, 1.54) is 17.3 Å². The Morgan fingerprint density at radius 1 is 1.11 bits per heavy atom. The van der Waals surface area contributed by atoms with Crippen LogP contribution in [0.15, 0.2) is 53.7 Å². The van der Waals surface area contributed by atoms with E-state index in [0.717, 1.165) is 22.6 Å². The van der Waals surface area contributed by atoms with E-state index in [-0.39, 0.29) is 17.2 Å². The van der Waals surface area contributed by atoms with Crippen molar-refractivity contribution in [1.29, 1.82) is 0 Å². The molecule has 3 aromatic rings. The molecule has 2 heterocycles. The third kappa shape index (κ3) is 3.42. The maximum absolute atomic E-state index is 13.2. The van der Waals surface area contributed by atoms with Gasteiger partial charge in [0.15, 0.2) is 0 Å². The molecule has 6 nitrogen and oxygen atoms in total. The van der Waals surface area contributed by atoms with Gasteiger partial charge in [-0.05, 0) is 38.0 Å². The number of fused-ring (bicyclic) bond motifs is 1. The molecule has 0 bridgehead atoms. The van der Waals surface area contributed by atoms with Crippen LogP contribution in [0.4, 0.5) is 5.69 Å². The zero-order valence-corrected chi connectivity index (χ0v) is 16.2. The van der Waals surface area contributed by atoms with E-state index in [2.05, 4.69) is 27.0 Å². The molecule has 1 aliphatic heterocycles. The van der Waals surface area contributed by atoms with Crippen molar-refractivity contribution in [1.82, 2.24) is 14.9 Å². The Morgan fingerprint density at radius 3 is 2.63 bits per heavy atom. The Morgan fingerprint density at radius 2 is 1.89 bits per heavy atom. The van der Waals surface area contributed by atoms with Gasteiger partial charge in [-0.1, -0.05) is 59.8 Å². The fourth-order valence-corrected chi connectivity index (χ4v) is 4.35. The molecule has 0 spiro atoms. The van der Waals surface area contributed by atoms with E-state index >= 15 is 0 Å². The Balaban J connectivity index is 1.66. The Hall–Kier alpha value is -2.80. The molecular weight excluding hydrogens is 358 g/mol. The average Bonchev–Trinajstić information content (AvgIpc) is 3.04. The van der Waals surface area contributed by atoms with E-state index in [0.29, 0.717) is 5.16 Å². The van der Waals surface area contributed by atoms with Crippen LogP contribution in [0.2, 0.25) is 0 Å². The van der Waals surface area contributed by atoms with Gasteiger partial charge in [-0.3, -0.25) is 4.79 Å². The fraction of sp³-hybridized carbons (Fsp3) is 0.250. The molecule has 2 N–H and O–H groups in total. The lowest BCUT2D eigenvalue weighted by Crippen LogP contribution is -2.41. The molecule has 1 aromatic heterocycles. The molecule has 0 saturated heterocycles. The van der Waals surface area contributed by atoms with Crippen LogP contribution in [-0.4, -0.2) is 26.0 Å². The highest BCUT2D eigenvalue weighted by Gasteiger charge is 2.37. The molecule has 0 radical (unpaired) electrons. The summed E-state index contributed by atoms with van der Waals surface area (Å²) in [5.74, 6) is 0.715. The monoisotopic (exact) mass is 379 g/mol. The molecule has 2 aromatic carbocycles. The van der Waals surface area contributed by atoms with Gasteiger partial charge < -0.3 is 10.7 Å². The molecule has 0 fully saturated rings. The minimum absolute atomic E-state index is 0.0554. The standard InChI is InChI=1S/C20H21N5OS/c1-12-9-10-16(13(2)11-12)21-19(26)18-17(15-7-5-4-6-8-15)24-25-14(3)22-23-20(25)27-18/h4-11,17-18,24H,1-3H3,(H,21,26)/t17-,18-/m1/s1. The van der Waals surface area contributed by atoms with Crippen molar-refractivity contribution < 1.29 is 4.79 Å². The molecule has 0 saturated carbocycles. The Labute approximate surface area is 162 Å². The highest BCUT2D eigenvalue weighted by Crippen LogP contribution is 2.37. The minimum atomic E-state index is -0.371. The number of hydrogen-bond donors (Lipinski definition) is 2. The summed E-state index contributed by atoms with van der Waals surface area (Å²) in [6.45, 7) is 5.94. The quantitative estimate of drug-likeness (QED) is 0.727. The first kappa shape index (κ1) is 17.6. The summed E-state index contributed by atoms with van der Waals surface area (Å²) >= 11 is 1.43. The number of carbonyl (C=O) groups excluding carboxylic acids is 1. The number of thioether (sulfide) groups is 1. The largest absolute Gasteiger partial charge is 0.325 e. The fourth-order valence-electron chi connectivity index (χ4n) is 3.23. The molecule has 7 heteroatoms. The van der Waals surface area contributed by atoms with Gasteiger partial charge in [0, 0.05) is 5.69 Å². The van der Waals surface area contributed by atoms with E-state index in [1.54, 1.807) is 0 Å². The summed E-state index contributed by atoms with van der Waals surface area (Å²) in [4.78, 5) is 13.2. The number of nitrogens with one attached hydrogen (secondary N) is 2. The number of anilines is 1. The van der Waals surface area contributed by atoms with Gasteiger partial charge in [0.1, 0.15) is 11.1 Å². The number of amides is 1. The maximum atomic E-state index is 13.2. The number of rotatable bonds is 3. The SMILES string of the molecule is Cc1ccc(NC(=O)[C@@H]2Sc3nnc(C)n3N[C@@H]2c2ccccc2)c(C)c1. The lowest BCUT2D eigenvalue weighted by molar-refractivity contribution is -0.116. The molecule has 2 atom stereocenters. The number of aryl methyl sites for hydroxylation is 3. The van der Waals surface area contributed by atoms with E-state index in [9.17, 15) is 4.79 Å². The van der Waals surface area contributed by atoms with Gasteiger partial charge in [-0.25, -0.2) is 4.68 Å². The molecular formula is C20H21N5OS.